The highest BCUT2D eigenvalue weighted by molar-refractivity contribution is 7.88. The number of esters is 1. The van der Waals surface area contributed by atoms with Crippen LogP contribution in [0.25, 0.3) is 0 Å². The molecular weight excluding hydrogens is 344 g/mol. The quantitative estimate of drug-likeness (QED) is 0.382. The maximum atomic E-state index is 12.0. The van der Waals surface area contributed by atoms with Crippen molar-refractivity contribution in [1.82, 2.24) is 14.9 Å². The molecule has 1 aliphatic rings. The maximum absolute atomic E-state index is 12.0. The minimum atomic E-state index is -3.31. The van der Waals surface area contributed by atoms with E-state index < -0.39 is 15.6 Å². The number of ether oxygens (including phenoxy) is 1. The molecule has 0 radical (unpaired) electrons. The van der Waals surface area contributed by atoms with E-state index in [1.54, 1.807) is 20.8 Å². The van der Waals surface area contributed by atoms with E-state index in [0.717, 1.165) is 25.6 Å². The van der Waals surface area contributed by atoms with Crippen molar-refractivity contribution in [3.05, 3.63) is 0 Å². The van der Waals surface area contributed by atoms with E-state index in [1.165, 1.54) is 0 Å². The van der Waals surface area contributed by atoms with Gasteiger partial charge in [-0.1, -0.05) is 0 Å². The number of piperidine rings is 1. The second-order valence-corrected chi connectivity index (χ2v) is 8.71. The highest BCUT2D eigenvalue weighted by atomic mass is 32.2. The molecule has 0 aliphatic carbocycles. The van der Waals surface area contributed by atoms with Gasteiger partial charge in [-0.3, -0.25) is 9.79 Å². The zero-order chi connectivity index (χ0) is 19.1. The van der Waals surface area contributed by atoms with Crippen LogP contribution in [0.3, 0.4) is 0 Å². The van der Waals surface area contributed by atoms with Crippen molar-refractivity contribution in [2.45, 2.75) is 46.1 Å². The molecule has 8 nitrogen and oxygen atoms in total. The minimum Gasteiger partial charge on any atom is -0.466 e. The molecule has 1 rings (SSSR count). The van der Waals surface area contributed by atoms with E-state index in [2.05, 4.69) is 15.0 Å². The Morgan fingerprint density at radius 1 is 1.36 bits per heavy atom. The Morgan fingerprint density at radius 3 is 2.60 bits per heavy atom. The molecule has 9 heteroatoms. The second-order valence-electron chi connectivity index (χ2n) is 6.97. The van der Waals surface area contributed by atoms with E-state index in [9.17, 15) is 13.2 Å². The lowest BCUT2D eigenvalue weighted by Gasteiger charge is -2.34. The standard InChI is InChI=1S/C16H32N4O4S/c1-6-17-15(18-12-16(3,4)19-25(5,22)23)20-10-8-9-13(11-20)14(21)24-7-2/h13,19H,6-12H2,1-5H3,(H,17,18). The average Bonchev–Trinajstić information content (AvgIpc) is 2.49. The van der Waals surface area contributed by atoms with Gasteiger partial charge in [-0.05, 0) is 40.5 Å². The number of likely N-dealkylation sites (tertiary alicyclic amines) is 1. The van der Waals surface area contributed by atoms with Gasteiger partial charge >= 0.3 is 5.97 Å². The van der Waals surface area contributed by atoms with E-state index in [-0.39, 0.29) is 11.9 Å². The number of sulfonamides is 1. The molecule has 25 heavy (non-hydrogen) atoms. The zero-order valence-corrected chi connectivity index (χ0v) is 16.8. The second kappa shape index (κ2) is 9.38. The normalized spacial score (nSPS) is 19.6. The summed E-state index contributed by atoms with van der Waals surface area (Å²) in [6, 6.07) is 0. The van der Waals surface area contributed by atoms with Crippen molar-refractivity contribution < 1.29 is 17.9 Å². The first-order valence-corrected chi connectivity index (χ1v) is 10.7. The Morgan fingerprint density at radius 2 is 2.04 bits per heavy atom. The molecule has 0 aromatic heterocycles. The predicted molar refractivity (Wildman–Crippen MR) is 99.0 cm³/mol. The predicted octanol–water partition coefficient (Wildman–Crippen LogP) is 0.555. The van der Waals surface area contributed by atoms with E-state index in [0.29, 0.717) is 32.2 Å². The van der Waals surface area contributed by atoms with Gasteiger partial charge in [0.2, 0.25) is 10.0 Å². The lowest BCUT2D eigenvalue weighted by atomic mass is 9.98. The number of rotatable bonds is 7. The van der Waals surface area contributed by atoms with Crippen molar-refractivity contribution in [2.75, 3.05) is 39.0 Å². The van der Waals surface area contributed by atoms with Crippen LogP contribution in [0.2, 0.25) is 0 Å². The van der Waals surface area contributed by atoms with Crippen LogP contribution >= 0.6 is 0 Å². The molecule has 1 unspecified atom stereocenters. The molecule has 0 amide bonds. The van der Waals surface area contributed by atoms with Gasteiger partial charge in [-0.15, -0.1) is 0 Å². The van der Waals surface area contributed by atoms with Crippen LogP contribution in [-0.2, 0) is 19.6 Å². The molecule has 1 aliphatic heterocycles. The molecule has 0 bridgehead atoms. The molecule has 1 saturated heterocycles. The van der Waals surface area contributed by atoms with Crippen LogP contribution in [0.5, 0.6) is 0 Å². The third-order valence-electron chi connectivity index (χ3n) is 3.76. The molecule has 1 atom stereocenters. The number of carbonyl (C=O) groups is 1. The van der Waals surface area contributed by atoms with Gasteiger partial charge in [-0.25, -0.2) is 13.1 Å². The largest absolute Gasteiger partial charge is 0.466 e. The van der Waals surface area contributed by atoms with Gasteiger partial charge in [0, 0.05) is 25.2 Å². The zero-order valence-electron chi connectivity index (χ0n) is 16.0. The third-order valence-corrected chi connectivity index (χ3v) is 4.68. The summed E-state index contributed by atoms with van der Waals surface area (Å²) in [6.45, 7) is 10.1. The molecule has 2 N–H and O–H groups in total. The Hall–Kier alpha value is -1.35. The van der Waals surface area contributed by atoms with Crippen LogP contribution in [0.1, 0.15) is 40.5 Å². The minimum absolute atomic E-state index is 0.153. The monoisotopic (exact) mass is 376 g/mol. The molecular formula is C16H32N4O4S. The number of hydrogen-bond acceptors (Lipinski definition) is 5. The van der Waals surface area contributed by atoms with Gasteiger partial charge in [0.15, 0.2) is 5.96 Å². The van der Waals surface area contributed by atoms with E-state index in [4.69, 9.17) is 4.74 Å². The Balaban J connectivity index is 2.82. The van der Waals surface area contributed by atoms with Crippen molar-refractivity contribution in [2.24, 2.45) is 10.9 Å². The van der Waals surface area contributed by atoms with Gasteiger partial charge in [0.05, 0.1) is 25.3 Å². The SMILES string of the molecule is CCNC(=NCC(C)(C)NS(C)(=O)=O)N1CCCC(C(=O)OCC)C1. The highest BCUT2D eigenvalue weighted by Crippen LogP contribution is 2.18. The van der Waals surface area contributed by atoms with Gasteiger partial charge in [0.1, 0.15) is 0 Å². The summed E-state index contributed by atoms with van der Waals surface area (Å²) in [6.07, 6.45) is 2.84. The Labute approximate surface area is 151 Å². The first-order valence-electron chi connectivity index (χ1n) is 8.77. The summed E-state index contributed by atoms with van der Waals surface area (Å²) < 4.78 is 30.6. The van der Waals surface area contributed by atoms with Gasteiger partial charge < -0.3 is 15.0 Å². The summed E-state index contributed by atoms with van der Waals surface area (Å²) >= 11 is 0. The number of guanidine groups is 1. The Kier molecular flexibility index (Phi) is 8.14. The number of nitrogens with zero attached hydrogens (tertiary/aromatic N) is 2. The topological polar surface area (TPSA) is 100 Å². The first kappa shape index (κ1) is 21.7. The summed E-state index contributed by atoms with van der Waals surface area (Å²) in [4.78, 5) is 18.6. The number of aliphatic imine (C=N–C) groups is 1. The molecule has 0 saturated carbocycles. The lowest BCUT2D eigenvalue weighted by Crippen LogP contribution is -2.50. The third kappa shape index (κ3) is 8.04. The fourth-order valence-electron chi connectivity index (χ4n) is 2.85. The van der Waals surface area contributed by atoms with Gasteiger partial charge in [-0.2, -0.15) is 0 Å². The summed E-state index contributed by atoms with van der Waals surface area (Å²) in [5.74, 6) is 0.377. The average molecular weight is 377 g/mol. The number of nitrogens with one attached hydrogen (secondary N) is 2. The molecule has 0 spiro atoms. The summed E-state index contributed by atoms with van der Waals surface area (Å²) in [5.41, 5.74) is -0.690. The molecule has 1 heterocycles. The van der Waals surface area contributed by atoms with Crippen LogP contribution in [0.4, 0.5) is 0 Å². The van der Waals surface area contributed by atoms with E-state index in [1.807, 2.05) is 11.8 Å². The smallest absolute Gasteiger partial charge is 0.310 e. The maximum Gasteiger partial charge on any atom is 0.310 e. The van der Waals surface area contributed by atoms with Crippen molar-refractivity contribution >= 4 is 22.0 Å². The van der Waals surface area contributed by atoms with Crippen LogP contribution in [-0.4, -0.2) is 69.8 Å². The van der Waals surface area contributed by atoms with Crippen molar-refractivity contribution in [1.29, 1.82) is 0 Å². The van der Waals surface area contributed by atoms with Crippen LogP contribution < -0.4 is 10.0 Å². The van der Waals surface area contributed by atoms with Crippen molar-refractivity contribution in [3.63, 3.8) is 0 Å². The highest BCUT2D eigenvalue weighted by Gasteiger charge is 2.29. The van der Waals surface area contributed by atoms with Crippen LogP contribution in [0.15, 0.2) is 4.99 Å². The lowest BCUT2D eigenvalue weighted by molar-refractivity contribution is -0.149. The van der Waals surface area contributed by atoms with E-state index >= 15 is 0 Å². The first-order chi connectivity index (χ1) is 11.6. The molecule has 1 fully saturated rings. The summed E-state index contributed by atoms with van der Waals surface area (Å²) in [5, 5.41) is 3.23. The number of hydrogen-bond donors (Lipinski definition) is 2. The van der Waals surface area contributed by atoms with Crippen LogP contribution in [0, 0.1) is 5.92 Å². The number of carbonyl (C=O) groups excluding carboxylic acids is 1. The molecule has 0 aromatic carbocycles. The molecule has 0 aromatic rings. The Bertz CT molecular complexity index is 575. The summed E-state index contributed by atoms with van der Waals surface area (Å²) in [7, 11) is -3.31. The fraction of sp³-hybridized carbons (Fsp3) is 0.875. The fourth-order valence-corrected chi connectivity index (χ4v) is 3.92. The van der Waals surface area contributed by atoms with Gasteiger partial charge in [0.25, 0.3) is 0 Å². The molecule has 146 valence electrons. The van der Waals surface area contributed by atoms with Crippen molar-refractivity contribution in [3.8, 4) is 0 Å².